The minimum atomic E-state index is -1.41. The predicted octanol–water partition coefficient (Wildman–Crippen LogP) is -1.10. The Kier molecular flexibility index (Phi) is 11.5. The van der Waals surface area contributed by atoms with Gasteiger partial charge in [-0.3, -0.25) is 14.4 Å². The number of carbonyl (C=O) groups excluding carboxylic acids is 3. The van der Waals surface area contributed by atoms with Crippen molar-refractivity contribution in [2.75, 3.05) is 6.61 Å². The molecule has 12 nitrogen and oxygen atoms in total. The van der Waals surface area contributed by atoms with Crippen LogP contribution in [-0.4, -0.2) is 74.6 Å². The van der Waals surface area contributed by atoms with Crippen molar-refractivity contribution in [2.45, 2.75) is 71.1 Å². The molecule has 0 fully saturated rings. The van der Waals surface area contributed by atoms with Crippen LogP contribution in [0.1, 0.15) is 46.2 Å². The summed E-state index contributed by atoms with van der Waals surface area (Å²) in [6.07, 6.45) is 3.86. The fourth-order valence-corrected chi connectivity index (χ4v) is 3.12. The minimum absolute atomic E-state index is 0.0381. The highest BCUT2D eigenvalue weighted by Gasteiger charge is 2.32. The summed E-state index contributed by atoms with van der Waals surface area (Å²) in [6, 6.07) is -4.52. The first-order valence-electron chi connectivity index (χ1n) is 11.0. The molecule has 0 saturated carbocycles. The van der Waals surface area contributed by atoms with Gasteiger partial charge in [-0.2, -0.15) is 0 Å². The lowest BCUT2D eigenvalue weighted by molar-refractivity contribution is -0.144. The van der Waals surface area contributed by atoms with Crippen LogP contribution in [0.15, 0.2) is 12.5 Å². The third kappa shape index (κ3) is 9.18. The van der Waals surface area contributed by atoms with Gasteiger partial charge in [-0.25, -0.2) is 9.78 Å². The summed E-state index contributed by atoms with van der Waals surface area (Å²) >= 11 is 0. The topological polar surface area (TPSA) is 200 Å². The molecule has 0 bridgehead atoms. The van der Waals surface area contributed by atoms with Crippen LogP contribution in [0.3, 0.4) is 0 Å². The molecule has 3 amide bonds. The van der Waals surface area contributed by atoms with Crippen molar-refractivity contribution >= 4 is 23.7 Å². The highest BCUT2D eigenvalue weighted by molar-refractivity contribution is 5.94. The molecule has 0 aliphatic carbocycles. The number of carboxylic acid groups (broad SMARTS) is 1. The highest BCUT2D eigenvalue weighted by Crippen LogP contribution is 2.09. The molecule has 0 saturated heterocycles. The number of aliphatic hydroxyl groups is 1. The van der Waals surface area contributed by atoms with Crippen LogP contribution in [0, 0.1) is 11.8 Å². The summed E-state index contributed by atoms with van der Waals surface area (Å²) in [4.78, 5) is 56.2. The second-order valence-corrected chi connectivity index (χ2v) is 8.53. The number of aromatic nitrogens is 2. The van der Waals surface area contributed by atoms with Gasteiger partial charge >= 0.3 is 5.97 Å². The van der Waals surface area contributed by atoms with Gasteiger partial charge in [-0.05, 0) is 18.3 Å². The summed E-state index contributed by atoms with van der Waals surface area (Å²) in [6.45, 7) is 6.51. The van der Waals surface area contributed by atoms with E-state index in [4.69, 9.17) is 5.73 Å². The molecule has 1 rings (SSSR count). The maximum absolute atomic E-state index is 12.9. The number of aliphatic hydroxyl groups excluding tert-OH is 1. The van der Waals surface area contributed by atoms with Crippen molar-refractivity contribution in [2.24, 2.45) is 17.6 Å². The molecule has 0 aromatic carbocycles. The molecule has 8 N–H and O–H groups in total. The van der Waals surface area contributed by atoms with Crippen LogP contribution in [0.4, 0.5) is 0 Å². The summed E-state index contributed by atoms with van der Waals surface area (Å²) in [7, 11) is 0. The van der Waals surface area contributed by atoms with Gasteiger partial charge in [0.25, 0.3) is 0 Å². The fourth-order valence-electron chi connectivity index (χ4n) is 3.12. The first-order valence-corrected chi connectivity index (χ1v) is 11.0. The largest absolute Gasteiger partial charge is 0.480 e. The zero-order chi connectivity index (χ0) is 25.1. The smallest absolute Gasteiger partial charge is 0.326 e. The quantitative estimate of drug-likeness (QED) is 0.178. The van der Waals surface area contributed by atoms with Crippen molar-refractivity contribution < 1.29 is 29.4 Å². The Morgan fingerprint density at radius 3 is 2.15 bits per heavy atom. The Morgan fingerprint density at radius 2 is 1.67 bits per heavy atom. The number of imidazole rings is 1. The highest BCUT2D eigenvalue weighted by atomic mass is 16.4. The lowest BCUT2D eigenvalue weighted by Gasteiger charge is -2.25. The standard InChI is InChI=1S/C21H36N6O6/c1-5-12(4)17(21(32)33)27-20(31)16(9-28)26-19(30)15(7-13-8-23-10-24-13)25-18(29)14(22)6-11(2)3/h8,10-12,14-17,28H,5-7,9,22H2,1-4H3,(H,23,24)(H,25,29)(H,26,30)(H,27,31)(H,32,33). The molecule has 0 radical (unpaired) electrons. The summed E-state index contributed by atoms with van der Waals surface area (Å²) in [5.41, 5.74) is 6.47. The van der Waals surface area contributed by atoms with E-state index in [0.29, 0.717) is 18.5 Å². The van der Waals surface area contributed by atoms with Crippen LogP contribution >= 0.6 is 0 Å². The van der Waals surface area contributed by atoms with E-state index < -0.39 is 54.5 Å². The number of aliphatic carboxylic acids is 1. The van der Waals surface area contributed by atoms with Gasteiger partial charge in [0, 0.05) is 18.3 Å². The van der Waals surface area contributed by atoms with Gasteiger partial charge < -0.3 is 36.9 Å². The number of nitrogens with one attached hydrogen (secondary N) is 4. The van der Waals surface area contributed by atoms with E-state index in [0.717, 1.165) is 0 Å². The van der Waals surface area contributed by atoms with E-state index in [2.05, 4.69) is 25.9 Å². The fraction of sp³-hybridized carbons (Fsp3) is 0.667. The van der Waals surface area contributed by atoms with Crippen LogP contribution in [0.5, 0.6) is 0 Å². The first kappa shape index (κ1) is 28.0. The lowest BCUT2D eigenvalue weighted by atomic mass is 9.99. The van der Waals surface area contributed by atoms with E-state index in [1.165, 1.54) is 12.5 Å². The molecule has 33 heavy (non-hydrogen) atoms. The zero-order valence-electron chi connectivity index (χ0n) is 19.5. The number of amides is 3. The third-order valence-corrected chi connectivity index (χ3v) is 5.27. The Bertz CT molecular complexity index is 784. The predicted molar refractivity (Wildman–Crippen MR) is 120 cm³/mol. The van der Waals surface area contributed by atoms with Gasteiger partial charge in [-0.15, -0.1) is 0 Å². The Labute approximate surface area is 193 Å². The Hall–Kier alpha value is -2.99. The molecule has 5 unspecified atom stereocenters. The molecule has 0 spiro atoms. The molecule has 0 aliphatic heterocycles. The minimum Gasteiger partial charge on any atom is -0.480 e. The molecule has 186 valence electrons. The number of hydrogen-bond donors (Lipinski definition) is 7. The van der Waals surface area contributed by atoms with Crippen LogP contribution in [0.25, 0.3) is 0 Å². The van der Waals surface area contributed by atoms with Crippen LogP contribution in [0.2, 0.25) is 0 Å². The van der Waals surface area contributed by atoms with E-state index >= 15 is 0 Å². The van der Waals surface area contributed by atoms with E-state index in [-0.39, 0.29) is 18.3 Å². The maximum atomic E-state index is 12.9. The van der Waals surface area contributed by atoms with Gasteiger partial charge in [0.05, 0.1) is 19.0 Å². The van der Waals surface area contributed by atoms with Gasteiger partial charge in [-0.1, -0.05) is 34.1 Å². The van der Waals surface area contributed by atoms with Crippen LogP contribution < -0.4 is 21.7 Å². The molecule has 1 aromatic heterocycles. The molecule has 5 atom stereocenters. The monoisotopic (exact) mass is 468 g/mol. The molecular weight excluding hydrogens is 432 g/mol. The summed E-state index contributed by atoms with van der Waals surface area (Å²) < 4.78 is 0. The Morgan fingerprint density at radius 1 is 1.06 bits per heavy atom. The van der Waals surface area contributed by atoms with Crippen LogP contribution in [-0.2, 0) is 25.6 Å². The number of hydrogen-bond acceptors (Lipinski definition) is 7. The number of carboxylic acids is 1. The first-order chi connectivity index (χ1) is 15.5. The number of rotatable bonds is 14. The number of carbonyl (C=O) groups is 4. The van der Waals surface area contributed by atoms with Gasteiger partial charge in [0.1, 0.15) is 18.1 Å². The lowest BCUT2D eigenvalue weighted by Crippen LogP contribution is -2.59. The SMILES string of the molecule is CCC(C)C(NC(=O)C(CO)NC(=O)C(Cc1cnc[nH]1)NC(=O)C(N)CC(C)C)C(=O)O. The Balaban J connectivity index is 2.94. The maximum Gasteiger partial charge on any atom is 0.326 e. The van der Waals surface area contributed by atoms with Crippen molar-refractivity contribution in [3.05, 3.63) is 18.2 Å². The normalized spacial score (nSPS) is 15.7. The van der Waals surface area contributed by atoms with Gasteiger partial charge in [0.2, 0.25) is 17.7 Å². The number of nitrogens with zero attached hydrogens (tertiary/aromatic N) is 1. The van der Waals surface area contributed by atoms with Crippen molar-refractivity contribution in [3.8, 4) is 0 Å². The average Bonchev–Trinajstić information content (AvgIpc) is 3.26. The second kappa shape index (κ2) is 13.5. The average molecular weight is 469 g/mol. The van der Waals surface area contributed by atoms with Gasteiger partial charge in [0.15, 0.2) is 0 Å². The second-order valence-electron chi connectivity index (χ2n) is 8.53. The molecule has 1 heterocycles. The van der Waals surface area contributed by atoms with E-state index in [9.17, 15) is 29.4 Å². The third-order valence-electron chi connectivity index (χ3n) is 5.27. The van der Waals surface area contributed by atoms with Crippen molar-refractivity contribution in [3.63, 3.8) is 0 Å². The zero-order valence-corrected chi connectivity index (χ0v) is 19.5. The van der Waals surface area contributed by atoms with Crippen molar-refractivity contribution in [1.82, 2.24) is 25.9 Å². The molecule has 12 heteroatoms. The number of H-pyrrole nitrogens is 1. The summed E-state index contributed by atoms with van der Waals surface area (Å²) in [5.74, 6) is -3.53. The van der Waals surface area contributed by atoms with E-state index in [1.54, 1.807) is 13.8 Å². The van der Waals surface area contributed by atoms with E-state index in [1.807, 2.05) is 13.8 Å². The number of aromatic amines is 1. The summed E-state index contributed by atoms with van der Waals surface area (Å²) in [5, 5.41) is 26.3. The molecule has 0 aliphatic rings. The molecular formula is C21H36N6O6. The molecule has 1 aromatic rings. The van der Waals surface area contributed by atoms with Crippen molar-refractivity contribution in [1.29, 1.82) is 0 Å². The number of nitrogens with two attached hydrogens (primary N) is 1.